The maximum absolute atomic E-state index is 13.3. The Hall–Kier alpha value is -3.05. The van der Waals surface area contributed by atoms with Gasteiger partial charge in [0.1, 0.15) is 0 Å². The standard InChI is InChI=1S/C24H21BrClN3O5S/c1-34-24(31)19-6-2-17(3-7-19)14-27-28-23(30)16-29(15-18-4-8-20(25)9-5-18)35(32,33)22-12-10-21(26)11-13-22/h2-14H,15-16H2,1H3,(H,28,30)/b27-14-. The molecule has 0 saturated heterocycles. The molecule has 0 aliphatic rings. The van der Waals surface area contributed by atoms with Gasteiger partial charge in [0.25, 0.3) is 5.91 Å². The lowest BCUT2D eigenvalue weighted by Gasteiger charge is -2.21. The number of nitrogens with zero attached hydrogens (tertiary/aromatic N) is 2. The van der Waals surface area contributed by atoms with Crippen LogP contribution in [0.3, 0.4) is 0 Å². The number of halogens is 2. The van der Waals surface area contributed by atoms with Crippen LogP contribution in [0.1, 0.15) is 21.5 Å². The number of ether oxygens (including phenoxy) is 1. The van der Waals surface area contributed by atoms with Crippen molar-refractivity contribution in [3.8, 4) is 0 Å². The molecule has 1 amide bonds. The molecule has 0 saturated carbocycles. The highest BCUT2D eigenvalue weighted by Gasteiger charge is 2.27. The van der Waals surface area contributed by atoms with Gasteiger partial charge in [0, 0.05) is 16.0 Å². The van der Waals surface area contributed by atoms with Gasteiger partial charge in [-0.05, 0) is 59.7 Å². The van der Waals surface area contributed by atoms with Crippen LogP contribution in [0.4, 0.5) is 0 Å². The third-order valence-corrected chi connectivity index (χ3v) is 7.36. The summed E-state index contributed by atoms with van der Waals surface area (Å²) in [6.07, 6.45) is 1.38. The third-order valence-electron chi connectivity index (χ3n) is 4.78. The zero-order valence-corrected chi connectivity index (χ0v) is 21.7. The second kappa shape index (κ2) is 12.1. The molecule has 0 fully saturated rings. The molecule has 182 valence electrons. The maximum atomic E-state index is 13.3. The van der Waals surface area contributed by atoms with Crippen LogP contribution in [-0.4, -0.2) is 44.5 Å². The fourth-order valence-electron chi connectivity index (χ4n) is 2.97. The number of hydrogen-bond donors (Lipinski definition) is 1. The van der Waals surface area contributed by atoms with Crippen molar-refractivity contribution in [2.75, 3.05) is 13.7 Å². The first-order valence-corrected chi connectivity index (χ1v) is 12.8. The molecule has 0 radical (unpaired) electrons. The Balaban J connectivity index is 1.74. The molecule has 0 bridgehead atoms. The Bertz CT molecular complexity index is 1310. The molecule has 0 unspecified atom stereocenters. The number of rotatable bonds is 9. The van der Waals surface area contributed by atoms with Crippen LogP contribution >= 0.6 is 27.5 Å². The first-order valence-electron chi connectivity index (χ1n) is 10.2. The van der Waals surface area contributed by atoms with Crippen molar-refractivity contribution < 1.29 is 22.7 Å². The Morgan fingerprint density at radius 3 is 2.26 bits per heavy atom. The molecule has 3 aromatic rings. The summed E-state index contributed by atoms with van der Waals surface area (Å²) in [5, 5.41) is 4.29. The number of amides is 1. The van der Waals surface area contributed by atoms with E-state index in [0.717, 1.165) is 8.78 Å². The van der Waals surface area contributed by atoms with E-state index in [1.165, 1.54) is 37.6 Å². The van der Waals surface area contributed by atoms with Gasteiger partial charge in [-0.25, -0.2) is 18.6 Å². The number of nitrogens with one attached hydrogen (secondary N) is 1. The summed E-state index contributed by atoms with van der Waals surface area (Å²) in [6, 6.07) is 19.2. The predicted molar refractivity (Wildman–Crippen MR) is 137 cm³/mol. The molecule has 1 N–H and O–H groups in total. The van der Waals surface area contributed by atoms with Crippen molar-refractivity contribution in [1.82, 2.24) is 9.73 Å². The molecule has 0 aromatic heterocycles. The molecule has 11 heteroatoms. The van der Waals surface area contributed by atoms with Crippen molar-refractivity contribution in [2.24, 2.45) is 5.10 Å². The molecular weight excluding hydrogens is 558 g/mol. The Morgan fingerprint density at radius 1 is 1.03 bits per heavy atom. The van der Waals surface area contributed by atoms with Gasteiger partial charge >= 0.3 is 5.97 Å². The zero-order chi connectivity index (χ0) is 25.4. The smallest absolute Gasteiger partial charge is 0.337 e. The van der Waals surface area contributed by atoms with Crippen molar-refractivity contribution in [3.05, 3.63) is 99.0 Å². The molecule has 8 nitrogen and oxygen atoms in total. The van der Waals surface area contributed by atoms with E-state index in [1.807, 2.05) is 0 Å². The predicted octanol–water partition coefficient (Wildman–Crippen LogP) is 4.23. The van der Waals surface area contributed by atoms with Crippen LogP contribution in [-0.2, 0) is 26.1 Å². The zero-order valence-electron chi connectivity index (χ0n) is 18.5. The minimum atomic E-state index is -4.01. The average Bonchev–Trinajstić information content (AvgIpc) is 2.85. The van der Waals surface area contributed by atoms with E-state index in [0.29, 0.717) is 21.7 Å². The summed E-state index contributed by atoms with van der Waals surface area (Å²) < 4.78 is 33.1. The second-order valence-corrected chi connectivity index (χ2v) is 10.6. The molecule has 0 atom stereocenters. The largest absolute Gasteiger partial charge is 0.465 e. The number of carbonyl (C=O) groups is 2. The van der Waals surface area contributed by atoms with E-state index in [4.69, 9.17) is 11.6 Å². The second-order valence-electron chi connectivity index (χ2n) is 7.26. The molecule has 0 aliphatic heterocycles. The summed E-state index contributed by atoms with van der Waals surface area (Å²) in [4.78, 5) is 24.1. The normalized spacial score (nSPS) is 11.5. The SMILES string of the molecule is COC(=O)c1ccc(/C=N\NC(=O)CN(Cc2ccc(Br)cc2)S(=O)(=O)c2ccc(Cl)cc2)cc1. The lowest BCUT2D eigenvalue weighted by Crippen LogP contribution is -2.39. The van der Waals surface area contributed by atoms with E-state index in [1.54, 1.807) is 48.5 Å². The summed E-state index contributed by atoms with van der Waals surface area (Å²) in [7, 11) is -2.72. The lowest BCUT2D eigenvalue weighted by molar-refractivity contribution is -0.121. The van der Waals surface area contributed by atoms with Crippen LogP contribution in [0, 0.1) is 0 Å². The summed E-state index contributed by atoms with van der Waals surface area (Å²) in [6.45, 7) is -0.482. The van der Waals surface area contributed by atoms with Gasteiger partial charge in [-0.2, -0.15) is 9.41 Å². The third kappa shape index (κ3) is 7.46. The van der Waals surface area contributed by atoms with Crippen LogP contribution in [0.25, 0.3) is 0 Å². The Morgan fingerprint density at radius 2 is 1.66 bits per heavy atom. The fourth-order valence-corrected chi connectivity index (χ4v) is 4.75. The van der Waals surface area contributed by atoms with E-state index >= 15 is 0 Å². The number of hydrogen-bond acceptors (Lipinski definition) is 6. The first-order chi connectivity index (χ1) is 16.7. The van der Waals surface area contributed by atoms with Gasteiger partial charge in [0.15, 0.2) is 0 Å². The van der Waals surface area contributed by atoms with E-state index in [2.05, 4.69) is 31.2 Å². The lowest BCUT2D eigenvalue weighted by atomic mass is 10.1. The van der Waals surface area contributed by atoms with Crippen LogP contribution in [0.15, 0.2) is 87.3 Å². The highest BCUT2D eigenvalue weighted by atomic mass is 79.9. The summed E-state index contributed by atoms with van der Waals surface area (Å²) >= 11 is 9.24. The van der Waals surface area contributed by atoms with Gasteiger partial charge in [-0.15, -0.1) is 0 Å². The molecular formula is C24H21BrClN3O5S. The van der Waals surface area contributed by atoms with Crippen molar-refractivity contribution in [3.63, 3.8) is 0 Å². The van der Waals surface area contributed by atoms with Crippen LogP contribution < -0.4 is 5.43 Å². The molecule has 0 heterocycles. The van der Waals surface area contributed by atoms with E-state index < -0.39 is 28.4 Å². The highest BCUT2D eigenvalue weighted by Crippen LogP contribution is 2.21. The first kappa shape index (κ1) is 26.6. The number of methoxy groups -OCH3 is 1. The van der Waals surface area contributed by atoms with Gasteiger partial charge in [-0.3, -0.25) is 4.79 Å². The molecule has 3 aromatic carbocycles. The molecule has 35 heavy (non-hydrogen) atoms. The van der Waals surface area contributed by atoms with E-state index in [-0.39, 0.29) is 11.4 Å². The van der Waals surface area contributed by atoms with Crippen molar-refractivity contribution in [2.45, 2.75) is 11.4 Å². The molecule has 0 aliphatic carbocycles. The number of carbonyl (C=O) groups excluding carboxylic acids is 2. The minimum Gasteiger partial charge on any atom is -0.465 e. The van der Waals surface area contributed by atoms with Gasteiger partial charge in [-0.1, -0.05) is 51.8 Å². The van der Waals surface area contributed by atoms with Gasteiger partial charge in [0.2, 0.25) is 10.0 Å². The Kier molecular flexibility index (Phi) is 9.16. The van der Waals surface area contributed by atoms with Gasteiger partial charge in [0.05, 0.1) is 30.3 Å². The molecule has 3 rings (SSSR count). The van der Waals surface area contributed by atoms with E-state index in [9.17, 15) is 18.0 Å². The Labute approximate surface area is 216 Å². The monoisotopic (exact) mass is 577 g/mol. The van der Waals surface area contributed by atoms with Gasteiger partial charge < -0.3 is 4.74 Å². The average molecular weight is 579 g/mol. The fraction of sp³-hybridized carbons (Fsp3) is 0.125. The maximum Gasteiger partial charge on any atom is 0.337 e. The van der Waals surface area contributed by atoms with Crippen LogP contribution in [0.2, 0.25) is 5.02 Å². The van der Waals surface area contributed by atoms with Crippen molar-refractivity contribution in [1.29, 1.82) is 0 Å². The summed E-state index contributed by atoms with van der Waals surface area (Å²) in [5.74, 6) is -1.09. The van der Waals surface area contributed by atoms with Crippen molar-refractivity contribution >= 4 is 55.6 Å². The highest BCUT2D eigenvalue weighted by molar-refractivity contribution is 9.10. The van der Waals surface area contributed by atoms with Crippen LogP contribution in [0.5, 0.6) is 0 Å². The number of sulfonamides is 1. The topological polar surface area (TPSA) is 105 Å². The summed E-state index contributed by atoms with van der Waals surface area (Å²) in [5.41, 5.74) is 4.05. The molecule has 0 spiro atoms. The minimum absolute atomic E-state index is 0.0148. The number of esters is 1. The number of hydrazone groups is 1. The quantitative estimate of drug-likeness (QED) is 0.232. The number of benzene rings is 3.